The van der Waals surface area contributed by atoms with Gasteiger partial charge in [-0.15, -0.1) is 0 Å². The zero-order valence-corrected chi connectivity index (χ0v) is 17.1. The van der Waals surface area contributed by atoms with E-state index in [4.69, 9.17) is 14.3 Å². The van der Waals surface area contributed by atoms with Gasteiger partial charge < -0.3 is 4.98 Å². The summed E-state index contributed by atoms with van der Waals surface area (Å²) < 4.78 is 43.6. The molecule has 0 amide bonds. The number of aromatic amines is 1. The number of nitrogens with zero attached hydrogens (tertiary/aromatic N) is 3. The number of aromatic nitrogens is 4. The van der Waals surface area contributed by atoms with Crippen molar-refractivity contribution in [3.63, 3.8) is 0 Å². The molecule has 0 unspecified atom stereocenters. The molecule has 2 N–H and O–H groups in total. The van der Waals surface area contributed by atoms with Crippen LogP contribution < -0.4 is 4.72 Å². The Morgan fingerprint density at radius 1 is 1.17 bits per heavy atom. The van der Waals surface area contributed by atoms with E-state index in [9.17, 15) is 13.2 Å². The quantitative estimate of drug-likeness (QED) is 0.454. The first-order valence-electron chi connectivity index (χ1n) is 9.79. The van der Waals surface area contributed by atoms with Crippen LogP contribution in [0.4, 0.5) is 5.69 Å². The first-order valence-corrected chi connectivity index (χ1v) is 10.5. The fourth-order valence-corrected chi connectivity index (χ4v) is 4.15. The van der Waals surface area contributed by atoms with Crippen molar-refractivity contribution < 1.29 is 16.0 Å². The van der Waals surface area contributed by atoms with E-state index < -0.39 is 22.7 Å². The van der Waals surface area contributed by atoms with E-state index in [0.29, 0.717) is 21.6 Å². The Balaban J connectivity index is 1.82. The summed E-state index contributed by atoms with van der Waals surface area (Å²) in [6, 6.07) is 7.07. The number of sulfonamides is 1. The molecule has 0 bridgehead atoms. The number of nitrogens with one attached hydrogen (secondary N) is 2. The maximum atomic E-state index is 13.3. The second kappa shape index (κ2) is 7.51. The molecule has 0 saturated carbocycles. The predicted octanol–water partition coefficient (Wildman–Crippen LogP) is 3.65. The van der Waals surface area contributed by atoms with E-state index in [2.05, 4.69) is 24.7 Å². The molecule has 0 aliphatic rings. The summed E-state index contributed by atoms with van der Waals surface area (Å²) in [4.78, 5) is 28.2. The van der Waals surface area contributed by atoms with Gasteiger partial charge >= 0.3 is 0 Å². The lowest BCUT2D eigenvalue weighted by Crippen LogP contribution is -2.18. The van der Waals surface area contributed by atoms with E-state index in [1.165, 1.54) is 36.8 Å². The summed E-state index contributed by atoms with van der Waals surface area (Å²) in [6.45, 7) is 0.239. The Morgan fingerprint density at radius 3 is 2.77 bits per heavy atom. The van der Waals surface area contributed by atoms with Gasteiger partial charge in [-0.25, -0.2) is 18.4 Å². The Morgan fingerprint density at radius 2 is 2.00 bits per heavy atom. The molecule has 8 nitrogen and oxygen atoms in total. The van der Waals surface area contributed by atoms with Gasteiger partial charge in [-0.05, 0) is 55.3 Å². The Bertz CT molecular complexity index is 1460. The van der Waals surface area contributed by atoms with Gasteiger partial charge in [0.1, 0.15) is 23.4 Å². The highest BCUT2D eigenvalue weighted by atomic mass is 35.5. The number of H-pyrrole nitrogens is 1. The zero-order valence-electron chi connectivity index (χ0n) is 17.5. The van der Waals surface area contributed by atoms with Crippen LogP contribution in [0.15, 0.2) is 53.9 Å². The number of benzene rings is 1. The molecule has 3 aromatic heterocycles. The minimum absolute atomic E-state index is 0.0348. The number of rotatable bonds is 5. The maximum Gasteiger partial charge on any atom is 0.261 e. The third-order valence-corrected chi connectivity index (χ3v) is 6.16. The summed E-state index contributed by atoms with van der Waals surface area (Å²) in [5.74, 6) is -0.639. The van der Waals surface area contributed by atoms with Crippen LogP contribution >= 0.6 is 11.6 Å². The van der Waals surface area contributed by atoms with Gasteiger partial charge in [0.05, 0.1) is 10.6 Å². The van der Waals surface area contributed by atoms with Gasteiger partial charge in [-0.2, -0.15) is 0 Å². The normalized spacial score (nSPS) is 12.6. The molecule has 0 aliphatic heterocycles. The summed E-state index contributed by atoms with van der Waals surface area (Å²) >= 11 is 5.99. The van der Waals surface area contributed by atoms with Crippen LogP contribution in [0.5, 0.6) is 0 Å². The number of pyridine rings is 1. The van der Waals surface area contributed by atoms with Crippen LogP contribution in [0.2, 0.25) is 5.02 Å². The highest BCUT2D eigenvalue weighted by molar-refractivity contribution is 7.92. The molecule has 0 radical (unpaired) electrons. The number of fused-ring (bicyclic) bond motifs is 1. The number of hydrogen-bond acceptors (Lipinski definition) is 6. The molecule has 0 aliphatic carbocycles. The summed E-state index contributed by atoms with van der Waals surface area (Å²) in [7, 11) is -4.13. The Kier molecular flexibility index (Phi) is 4.39. The number of carbonyl (C=O) groups excluding carboxylic acids is 1. The average Bonchev–Trinajstić information content (AvgIpc) is 3.23. The van der Waals surface area contributed by atoms with Crippen molar-refractivity contribution in [2.45, 2.75) is 18.7 Å². The molecule has 1 aromatic carbocycles. The van der Waals surface area contributed by atoms with Crippen LogP contribution in [0.25, 0.3) is 11.0 Å². The van der Waals surface area contributed by atoms with Crippen molar-refractivity contribution in [2.75, 3.05) is 4.72 Å². The van der Waals surface area contributed by atoms with Gasteiger partial charge in [0, 0.05) is 25.5 Å². The van der Waals surface area contributed by atoms with Crippen molar-refractivity contribution in [3.05, 3.63) is 76.6 Å². The van der Waals surface area contributed by atoms with Crippen molar-refractivity contribution >= 4 is 44.1 Å². The van der Waals surface area contributed by atoms with E-state index in [1.54, 1.807) is 19.2 Å². The van der Waals surface area contributed by atoms with Crippen molar-refractivity contribution in [3.8, 4) is 0 Å². The smallest absolute Gasteiger partial charge is 0.261 e. The van der Waals surface area contributed by atoms with Crippen molar-refractivity contribution in [1.29, 1.82) is 0 Å². The highest BCUT2D eigenvalue weighted by Crippen LogP contribution is 2.26. The minimum atomic E-state index is -4.13. The average molecular weight is 444 g/mol. The van der Waals surface area contributed by atoms with Gasteiger partial charge in [-0.3, -0.25) is 14.5 Å². The standard InChI is InChI=1S/C20H16ClN5O3S/c1-11-7-16(26-30(28,29)13-3-4-15(21)12(2)8-13)18(23-9-11)19(27)17-14-5-6-22-20(14)25-10-24-17/h3-10,26H,1-2H3,(H,22,24,25)/i1D2. The van der Waals surface area contributed by atoms with E-state index >= 15 is 0 Å². The first-order chi connectivity index (χ1) is 15.2. The van der Waals surface area contributed by atoms with Crippen LogP contribution in [-0.2, 0) is 10.0 Å². The van der Waals surface area contributed by atoms with Gasteiger partial charge in [-0.1, -0.05) is 11.6 Å². The molecule has 10 heteroatoms. The monoisotopic (exact) mass is 443 g/mol. The fourth-order valence-electron chi connectivity index (χ4n) is 2.89. The molecular formula is C20H16ClN5O3S. The Labute approximate surface area is 180 Å². The van der Waals surface area contributed by atoms with Gasteiger partial charge in [0.15, 0.2) is 0 Å². The molecule has 3 heterocycles. The number of hydrogen-bond donors (Lipinski definition) is 2. The minimum Gasteiger partial charge on any atom is -0.346 e. The van der Waals surface area contributed by atoms with Crippen molar-refractivity contribution in [1.82, 2.24) is 19.9 Å². The maximum absolute atomic E-state index is 13.3. The second-order valence-electron chi connectivity index (χ2n) is 6.47. The lowest BCUT2D eigenvalue weighted by Gasteiger charge is -2.13. The number of halogens is 1. The zero-order chi connectivity index (χ0) is 23.0. The number of anilines is 1. The van der Waals surface area contributed by atoms with E-state index in [-0.39, 0.29) is 27.5 Å². The molecular weight excluding hydrogens is 426 g/mol. The lowest BCUT2D eigenvalue weighted by molar-refractivity contribution is 0.103. The highest BCUT2D eigenvalue weighted by Gasteiger charge is 2.24. The molecule has 4 aromatic rings. The molecule has 0 spiro atoms. The molecule has 30 heavy (non-hydrogen) atoms. The van der Waals surface area contributed by atoms with Gasteiger partial charge in [0.25, 0.3) is 10.0 Å². The van der Waals surface area contributed by atoms with Crippen LogP contribution in [-0.4, -0.2) is 34.1 Å². The first kappa shape index (κ1) is 17.5. The molecule has 0 saturated heterocycles. The molecule has 4 rings (SSSR count). The van der Waals surface area contributed by atoms with Crippen LogP contribution in [0.3, 0.4) is 0 Å². The SMILES string of the molecule is [2H]C([2H])c1cnc(C(=O)c2ncnc3[nH]ccc23)c(NS(=O)(=O)c2ccc(Cl)c(C)c2)c1. The summed E-state index contributed by atoms with van der Waals surface area (Å²) in [5, 5.41) is 0.860. The van der Waals surface area contributed by atoms with Crippen molar-refractivity contribution in [2.24, 2.45) is 0 Å². The van der Waals surface area contributed by atoms with Gasteiger partial charge in [0.2, 0.25) is 5.78 Å². The number of aryl methyl sites for hydroxylation is 2. The Hall–Kier alpha value is -3.30. The van der Waals surface area contributed by atoms with Crippen LogP contribution in [0.1, 0.15) is 30.1 Å². The summed E-state index contributed by atoms with van der Waals surface area (Å²) in [5.41, 5.74) is 0.771. The molecule has 152 valence electrons. The third kappa shape index (κ3) is 3.64. The third-order valence-electron chi connectivity index (χ3n) is 4.38. The number of carbonyl (C=O) groups is 1. The molecule has 0 fully saturated rings. The summed E-state index contributed by atoms with van der Waals surface area (Å²) in [6.07, 6.45) is 4.01. The fraction of sp³-hybridized carbons (Fsp3) is 0.100. The van der Waals surface area contributed by atoms with E-state index in [0.717, 1.165) is 0 Å². The lowest BCUT2D eigenvalue weighted by atomic mass is 10.1. The van der Waals surface area contributed by atoms with Crippen LogP contribution in [0, 0.1) is 13.8 Å². The topological polar surface area (TPSA) is 118 Å². The molecule has 0 atom stereocenters. The second-order valence-corrected chi connectivity index (χ2v) is 8.56. The largest absolute Gasteiger partial charge is 0.346 e. The van der Waals surface area contributed by atoms with E-state index in [1.807, 2.05) is 0 Å². The number of ketones is 1. The predicted molar refractivity (Wildman–Crippen MR) is 113 cm³/mol.